The van der Waals surface area contributed by atoms with E-state index in [1.807, 2.05) is 17.7 Å². The second kappa shape index (κ2) is 4.31. The number of aryl methyl sites for hydroxylation is 1. The first kappa shape index (κ1) is 10.8. The molecule has 1 aromatic rings. The largest absolute Gasteiger partial charge is 0.478 e. The normalized spacial score (nSPS) is 10.9. The lowest BCUT2D eigenvalue weighted by atomic mass is 10.1. The van der Waals surface area contributed by atoms with Crippen LogP contribution in [0.15, 0.2) is 12.3 Å². The van der Waals surface area contributed by atoms with E-state index in [0.717, 1.165) is 18.7 Å². The lowest BCUT2D eigenvalue weighted by molar-refractivity contribution is 0.0695. The van der Waals surface area contributed by atoms with Crippen molar-refractivity contribution in [3.05, 3.63) is 23.5 Å². The van der Waals surface area contributed by atoms with Crippen LogP contribution in [-0.4, -0.2) is 15.6 Å². The number of carboxylic acid groups (broad SMARTS) is 1. The zero-order valence-electron chi connectivity index (χ0n) is 8.95. The monoisotopic (exact) mass is 195 g/mol. The third kappa shape index (κ3) is 2.16. The SMILES string of the molecule is CCn1ccc(C(=O)O)c1CC(C)C. The molecule has 0 saturated carbocycles. The van der Waals surface area contributed by atoms with Gasteiger partial charge in [0, 0.05) is 18.4 Å². The zero-order valence-corrected chi connectivity index (χ0v) is 8.95. The van der Waals surface area contributed by atoms with Crippen molar-refractivity contribution in [1.82, 2.24) is 4.57 Å². The standard InChI is InChI=1S/C11H17NO2/c1-4-12-6-5-9(11(13)14)10(12)7-8(2)3/h5-6,8H,4,7H2,1-3H3,(H,13,14). The highest BCUT2D eigenvalue weighted by molar-refractivity contribution is 5.89. The summed E-state index contributed by atoms with van der Waals surface area (Å²) < 4.78 is 2.00. The second-order valence-corrected chi connectivity index (χ2v) is 3.87. The first-order valence-electron chi connectivity index (χ1n) is 4.97. The molecule has 3 heteroatoms. The number of hydrogen-bond acceptors (Lipinski definition) is 1. The van der Waals surface area contributed by atoms with Crippen LogP contribution in [0.4, 0.5) is 0 Å². The van der Waals surface area contributed by atoms with Crippen LogP contribution in [0.5, 0.6) is 0 Å². The molecule has 1 aromatic heterocycles. The number of carbonyl (C=O) groups is 1. The van der Waals surface area contributed by atoms with Crippen molar-refractivity contribution in [3.8, 4) is 0 Å². The molecule has 0 unspecified atom stereocenters. The fourth-order valence-corrected chi connectivity index (χ4v) is 1.61. The predicted octanol–water partition coefficient (Wildman–Crippen LogP) is 2.40. The highest BCUT2D eigenvalue weighted by Crippen LogP contribution is 2.15. The molecular weight excluding hydrogens is 178 g/mol. The molecule has 0 radical (unpaired) electrons. The maximum Gasteiger partial charge on any atom is 0.337 e. The fourth-order valence-electron chi connectivity index (χ4n) is 1.61. The minimum absolute atomic E-state index is 0.445. The Morgan fingerprint density at radius 3 is 2.64 bits per heavy atom. The minimum atomic E-state index is -0.826. The molecule has 78 valence electrons. The first-order chi connectivity index (χ1) is 6.56. The highest BCUT2D eigenvalue weighted by atomic mass is 16.4. The molecule has 0 bridgehead atoms. The van der Waals surface area contributed by atoms with Crippen LogP contribution >= 0.6 is 0 Å². The molecule has 0 saturated heterocycles. The van der Waals surface area contributed by atoms with Gasteiger partial charge in [0.25, 0.3) is 0 Å². The van der Waals surface area contributed by atoms with E-state index in [1.165, 1.54) is 0 Å². The molecule has 3 nitrogen and oxygen atoms in total. The summed E-state index contributed by atoms with van der Waals surface area (Å²) in [6, 6.07) is 1.68. The zero-order chi connectivity index (χ0) is 10.7. The summed E-state index contributed by atoms with van der Waals surface area (Å²) in [4.78, 5) is 10.9. The number of aromatic carboxylic acids is 1. The highest BCUT2D eigenvalue weighted by Gasteiger charge is 2.14. The van der Waals surface area contributed by atoms with E-state index in [2.05, 4.69) is 13.8 Å². The van der Waals surface area contributed by atoms with Crippen LogP contribution in [-0.2, 0) is 13.0 Å². The second-order valence-electron chi connectivity index (χ2n) is 3.87. The van der Waals surface area contributed by atoms with Gasteiger partial charge in [0.05, 0.1) is 5.56 Å². The fraction of sp³-hybridized carbons (Fsp3) is 0.545. The van der Waals surface area contributed by atoms with E-state index >= 15 is 0 Å². The molecule has 1 heterocycles. The lowest BCUT2D eigenvalue weighted by Crippen LogP contribution is -2.08. The van der Waals surface area contributed by atoms with E-state index in [4.69, 9.17) is 5.11 Å². The van der Waals surface area contributed by atoms with Gasteiger partial charge < -0.3 is 9.67 Å². The van der Waals surface area contributed by atoms with Crippen molar-refractivity contribution in [2.24, 2.45) is 5.92 Å². The van der Waals surface area contributed by atoms with E-state index < -0.39 is 5.97 Å². The summed E-state index contributed by atoms with van der Waals surface area (Å²) in [6.07, 6.45) is 2.67. The molecule has 14 heavy (non-hydrogen) atoms. The smallest absolute Gasteiger partial charge is 0.337 e. The molecule has 0 spiro atoms. The Hall–Kier alpha value is -1.25. The Morgan fingerprint density at radius 2 is 2.21 bits per heavy atom. The number of aromatic nitrogens is 1. The van der Waals surface area contributed by atoms with Crippen LogP contribution in [0.3, 0.4) is 0 Å². The first-order valence-corrected chi connectivity index (χ1v) is 4.97. The maximum absolute atomic E-state index is 10.9. The van der Waals surface area contributed by atoms with E-state index in [0.29, 0.717) is 11.5 Å². The number of rotatable bonds is 4. The van der Waals surface area contributed by atoms with Gasteiger partial charge in [0.1, 0.15) is 0 Å². The molecule has 0 aliphatic carbocycles. The van der Waals surface area contributed by atoms with Gasteiger partial charge in [0.2, 0.25) is 0 Å². The third-order valence-corrected chi connectivity index (χ3v) is 2.25. The topological polar surface area (TPSA) is 42.2 Å². The van der Waals surface area contributed by atoms with Gasteiger partial charge in [-0.15, -0.1) is 0 Å². The molecule has 0 aliphatic heterocycles. The summed E-state index contributed by atoms with van der Waals surface area (Å²) >= 11 is 0. The van der Waals surface area contributed by atoms with Crippen LogP contribution < -0.4 is 0 Å². The average Bonchev–Trinajstić information content (AvgIpc) is 2.46. The molecule has 0 fully saturated rings. The Morgan fingerprint density at radius 1 is 1.57 bits per heavy atom. The maximum atomic E-state index is 10.9. The molecular formula is C11H17NO2. The van der Waals surface area contributed by atoms with Crippen molar-refractivity contribution in [2.45, 2.75) is 33.7 Å². The van der Waals surface area contributed by atoms with Crippen LogP contribution in [0, 0.1) is 5.92 Å². The van der Waals surface area contributed by atoms with Gasteiger partial charge in [-0.25, -0.2) is 4.79 Å². The summed E-state index contributed by atoms with van der Waals surface area (Å²) in [5.74, 6) is -0.346. The van der Waals surface area contributed by atoms with Gasteiger partial charge in [-0.1, -0.05) is 13.8 Å². The van der Waals surface area contributed by atoms with Gasteiger partial charge in [-0.2, -0.15) is 0 Å². The number of hydrogen-bond donors (Lipinski definition) is 1. The number of carboxylic acids is 1. The average molecular weight is 195 g/mol. The molecule has 1 N–H and O–H groups in total. The molecule has 0 aromatic carbocycles. The van der Waals surface area contributed by atoms with Gasteiger partial charge in [-0.3, -0.25) is 0 Å². The summed E-state index contributed by atoms with van der Waals surface area (Å²) in [6.45, 7) is 7.04. The Bertz CT molecular complexity index is 326. The molecule has 0 amide bonds. The predicted molar refractivity (Wildman–Crippen MR) is 55.6 cm³/mol. The van der Waals surface area contributed by atoms with Crippen molar-refractivity contribution in [1.29, 1.82) is 0 Å². The van der Waals surface area contributed by atoms with Crippen molar-refractivity contribution in [3.63, 3.8) is 0 Å². The summed E-state index contributed by atoms with van der Waals surface area (Å²) in [7, 11) is 0. The summed E-state index contributed by atoms with van der Waals surface area (Å²) in [5, 5.41) is 8.97. The van der Waals surface area contributed by atoms with E-state index in [9.17, 15) is 4.79 Å². The van der Waals surface area contributed by atoms with Gasteiger partial charge in [0.15, 0.2) is 0 Å². The van der Waals surface area contributed by atoms with Crippen molar-refractivity contribution in [2.75, 3.05) is 0 Å². The minimum Gasteiger partial charge on any atom is -0.478 e. The van der Waals surface area contributed by atoms with Crippen molar-refractivity contribution >= 4 is 5.97 Å². The van der Waals surface area contributed by atoms with E-state index in [1.54, 1.807) is 6.07 Å². The lowest BCUT2D eigenvalue weighted by Gasteiger charge is -2.10. The van der Waals surface area contributed by atoms with Crippen LogP contribution in [0.1, 0.15) is 36.8 Å². The Kier molecular flexibility index (Phi) is 3.33. The van der Waals surface area contributed by atoms with Crippen LogP contribution in [0.25, 0.3) is 0 Å². The number of nitrogens with zero attached hydrogens (tertiary/aromatic N) is 1. The Balaban J connectivity index is 3.06. The molecule has 0 atom stereocenters. The Labute approximate surface area is 84.4 Å². The van der Waals surface area contributed by atoms with Crippen LogP contribution in [0.2, 0.25) is 0 Å². The van der Waals surface area contributed by atoms with Crippen molar-refractivity contribution < 1.29 is 9.90 Å². The molecule has 0 aliphatic rings. The van der Waals surface area contributed by atoms with Gasteiger partial charge >= 0.3 is 5.97 Å². The van der Waals surface area contributed by atoms with Gasteiger partial charge in [-0.05, 0) is 25.3 Å². The summed E-state index contributed by atoms with van der Waals surface area (Å²) in [5.41, 5.74) is 1.38. The quantitative estimate of drug-likeness (QED) is 0.801. The third-order valence-electron chi connectivity index (χ3n) is 2.25. The molecule has 1 rings (SSSR count). The van der Waals surface area contributed by atoms with E-state index in [-0.39, 0.29) is 0 Å².